The molecule has 0 spiro atoms. The normalized spacial score (nSPS) is 18.7. The molecule has 1 aliphatic heterocycles. The molecule has 2 amide bonds. The smallest absolute Gasteiger partial charge is 0.474 e. The number of hydrogen-bond donors (Lipinski definition) is 2. The summed E-state index contributed by atoms with van der Waals surface area (Å²) in [6.45, 7) is 9.85. The van der Waals surface area contributed by atoms with Crippen molar-refractivity contribution < 1.29 is 32.2 Å². The van der Waals surface area contributed by atoms with Crippen LogP contribution < -0.4 is 15.4 Å². The third kappa shape index (κ3) is 7.44. The number of nitrogens with zero attached hydrogens (tertiary/aromatic N) is 3. The highest BCUT2D eigenvalue weighted by atomic mass is 32.1. The Hall–Kier alpha value is -3.09. The molecular weight excluding hydrogens is 487 g/mol. The fourth-order valence-corrected chi connectivity index (χ4v) is 4.33. The first-order valence-corrected chi connectivity index (χ1v) is 11.7. The number of aromatic nitrogens is 2. The quantitative estimate of drug-likeness (QED) is 0.537. The van der Waals surface area contributed by atoms with E-state index < -0.39 is 17.8 Å². The minimum atomic E-state index is -4.69. The molecule has 3 heterocycles. The summed E-state index contributed by atoms with van der Waals surface area (Å²) < 4.78 is 53.3. The summed E-state index contributed by atoms with van der Waals surface area (Å²) in [7, 11) is 0. The predicted molar refractivity (Wildman–Crippen MR) is 125 cm³/mol. The number of amides is 2. The lowest BCUT2D eigenvalue weighted by molar-refractivity contribution is -0.0996. The van der Waals surface area contributed by atoms with E-state index in [4.69, 9.17) is 9.47 Å². The Kier molecular flexibility index (Phi) is 7.77. The Bertz CT molecular complexity index is 1050. The SMILES string of the molecule is Cc1nsc(NC(F)(F)F)c1C(=O)Nc1ccc(OC2CCN(C(=O)OC(C)(C)C)CC2C)nc1. The van der Waals surface area contributed by atoms with E-state index in [0.717, 1.165) is 0 Å². The second-order valence-electron chi connectivity index (χ2n) is 9.28. The van der Waals surface area contributed by atoms with Crippen LogP contribution in [0.25, 0.3) is 0 Å². The largest absolute Gasteiger partial charge is 0.483 e. The first-order valence-electron chi connectivity index (χ1n) is 10.9. The van der Waals surface area contributed by atoms with E-state index in [9.17, 15) is 22.8 Å². The van der Waals surface area contributed by atoms with E-state index >= 15 is 0 Å². The molecule has 192 valence electrons. The first-order chi connectivity index (χ1) is 16.2. The number of anilines is 2. The van der Waals surface area contributed by atoms with Gasteiger partial charge in [0.25, 0.3) is 5.91 Å². The van der Waals surface area contributed by atoms with Gasteiger partial charge >= 0.3 is 12.4 Å². The monoisotopic (exact) mass is 515 g/mol. The van der Waals surface area contributed by atoms with Crippen LogP contribution in [0.1, 0.15) is 50.2 Å². The number of piperidine rings is 1. The van der Waals surface area contributed by atoms with Crippen molar-refractivity contribution in [2.24, 2.45) is 5.92 Å². The average molecular weight is 516 g/mol. The van der Waals surface area contributed by atoms with Crippen molar-refractivity contribution >= 4 is 34.2 Å². The van der Waals surface area contributed by atoms with Crippen LogP contribution in [0.5, 0.6) is 5.88 Å². The van der Waals surface area contributed by atoms with Crippen molar-refractivity contribution in [3.8, 4) is 5.88 Å². The highest BCUT2D eigenvalue weighted by Crippen LogP contribution is 2.30. The lowest BCUT2D eigenvalue weighted by atomic mass is 9.97. The number of likely N-dealkylation sites (tertiary alicyclic amines) is 1. The zero-order valence-corrected chi connectivity index (χ0v) is 20.8. The van der Waals surface area contributed by atoms with Gasteiger partial charge in [0.15, 0.2) is 0 Å². The first kappa shape index (κ1) is 26.5. The molecule has 13 heteroatoms. The Morgan fingerprint density at radius 3 is 2.51 bits per heavy atom. The summed E-state index contributed by atoms with van der Waals surface area (Å²) in [5, 5.41) is 3.49. The number of carbonyl (C=O) groups is 2. The number of alkyl halides is 3. The minimum Gasteiger partial charge on any atom is -0.474 e. The zero-order valence-electron chi connectivity index (χ0n) is 20.0. The number of aryl methyl sites for hydroxylation is 1. The van der Waals surface area contributed by atoms with Gasteiger partial charge in [0.05, 0.1) is 23.1 Å². The third-order valence-electron chi connectivity index (χ3n) is 5.09. The molecule has 3 rings (SSSR count). The van der Waals surface area contributed by atoms with Gasteiger partial charge in [-0.15, -0.1) is 0 Å². The topological polar surface area (TPSA) is 106 Å². The number of carbonyl (C=O) groups excluding carboxylic acids is 2. The molecule has 0 aliphatic carbocycles. The minimum absolute atomic E-state index is 0.0334. The van der Waals surface area contributed by atoms with Crippen molar-refractivity contribution in [2.45, 2.75) is 59.0 Å². The fraction of sp³-hybridized carbons (Fsp3) is 0.545. The van der Waals surface area contributed by atoms with Gasteiger partial charge in [-0.25, -0.2) is 9.78 Å². The number of ether oxygens (including phenoxy) is 2. The van der Waals surface area contributed by atoms with Crippen LogP contribution >= 0.6 is 11.5 Å². The number of pyridine rings is 1. The number of nitrogens with one attached hydrogen (secondary N) is 2. The molecule has 2 N–H and O–H groups in total. The predicted octanol–water partition coefficient (Wildman–Crippen LogP) is 5.05. The van der Waals surface area contributed by atoms with Crippen molar-refractivity contribution in [1.29, 1.82) is 0 Å². The van der Waals surface area contributed by atoms with Crippen LogP contribution in [0.2, 0.25) is 0 Å². The summed E-state index contributed by atoms with van der Waals surface area (Å²) in [4.78, 5) is 30.7. The van der Waals surface area contributed by atoms with Crippen LogP contribution in [0.3, 0.4) is 0 Å². The molecule has 35 heavy (non-hydrogen) atoms. The van der Waals surface area contributed by atoms with Gasteiger partial charge in [-0.05, 0) is 45.3 Å². The van der Waals surface area contributed by atoms with Gasteiger partial charge in [-0.1, -0.05) is 6.92 Å². The highest BCUT2D eigenvalue weighted by molar-refractivity contribution is 7.10. The molecule has 2 unspecified atom stereocenters. The molecule has 2 aromatic rings. The maximum atomic E-state index is 12.7. The molecule has 0 saturated carbocycles. The average Bonchev–Trinajstić information content (AvgIpc) is 3.08. The fourth-order valence-electron chi connectivity index (χ4n) is 3.52. The Morgan fingerprint density at radius 2 is 1.94 bits per heavy atom. The lowest BCUT2D eigenvalue weighted by Crippen LogP contribution is -2.48. The molecule has 1 fully saturated rings. The van der Waals surface area contributed by atoms with Gasteiger partial charge < -0.3 is 19.7 Å². The van der Waals surface area contributed by atoms with Crippen LogP contribution in [0.15, 0.2) is 18.3 Å². The molecule has 0 aromatic carbocycles. The summed E-state index contributed by atoms with van der Waals surface area (Å²) in [5.74, 6) is -0.369. The van der Waals surface area contributed by atoms with Crippen LogP contribution in [0, 0.1) is 12.8 Å². The molecular formula is C22H28F3N5O4S. The maximum Gasteiger partial charge on any atom is 0.483 e. The van der Waals surface area contributed by atoms with Crippen molar-refractivity contribution in [3.63, 3.8) is 0 Å². The van der Waals surface area contributed by atoms with E-state index in [0.29, 0.717) is 42.6 Å². The standard InChI is InChI=1S/C22H28F3N5O4S/c1-12-11-30(20(32)34-21(3,4)5)9-8-15(12)33-16-7-6-14(10-26-16)27-18(31)17-13(2)29-35-19(17)28-22(23,24)25/h6-7,10,12,15,28H,8-9,11H2,1-5H3,(H,27,31). The van der Waals surface area contributed by atoms with Crippen LogP contribution in [-0.2, 0) is 4.74 Å². The van der Waals surface area contributed by atoms with Crippen molar-refractivity contribution in [2.75, 3.05) is 23.7 Å². The second kappa shape index (κ2) is 10.3. The number of hydrogen-bond acceptors (Lipinski definition) is 8. The molecule has 1 saturated heterocycles. The summed E-state index contributed by atoms with van der Waals surface area (Å²) >= 11 is 0.558. The van der Waals surface area contributed by atoms with E-state index in [-0.39, 0.29) is 34.4 Å². The second-order valence-corrected chi connectivity index (χ2v) is 10.1. The molecule has 2 aromatic heterocycles. The summed E-state index contributed by atoms with van der Waals surface area (Å²) in [5.41, 5.74) is -0.278. The molecule has 2 atom stereocenters. The molecule has 1 aliphatic rings. The van der Waals surface area contributed by atoms with Gasteiger partial charge in [0.2, 0.25) is 5.88 Å². The van der Waals surface area contributed by atoms with Gasteiger partial charge in [-0.3, -0.25) is 10.1 Å². The highest BCUT2D eigenvalue weighted by Gasteiger charge is 2.33. The summed E-state index contributed by atoms with van der Waals surface area (Å²) in [6.07, 6.45) is -3.25. The number of halogens is 3. The van der Waals surface area contributed by atoms with E-state index in [1.165, 1.54) is 18.4 Å². The van der Waals surface area contributed by atoms with Crippen LogP contribution in [0.4, 0.5) is 28.7 Å². The maximum absolute atomic E-state index is 12.7. The Labute approximate surface area is 205 Å². The Balaban J connectivity index is 1.57. The van der Waals surface area contributed by atoms with E-state index in [1.54, 1.807) is 17.0 Å². The number of rotatable bonds is 5. The van der Waals surface area contributed by atoms with Gasteiger partial charge in [0, 0.05) is 31.5 Å². The van der Waals surface area contributed by atoms with Gasteiger partial charge in [-0.2, -0.15) is 17.5 Å². The summed E-state index contributed by atoms with van der Waals surface area (Å²) in [6, 6.07) is 3.11. The zero-order chi connectivity index (χ0) is 26.0. The van der Waals surface area contributed by atoms with E-state index in [1.807, 2.05) is 27.7 Å². The van der Waals surface area contributed by atoms with Gasteiger partial charge in [0.1, 0.15) is 16.7 Å². The lowest BCUT2D eigenvalue weighted by Gasteiger charge is -2.37. The van der Waals surface area contributed by atoms with E-state index in [2.05, 4.69) is 14.7 Å². The van der Waals surface area contributed by atoms with Crippen molar-refractivity contribution in [3.05, 3.63) is 29.6 Å². The third-order valence-corrected chi connectivity index (χ3v) is 5.94. The molecule has 0 radical (unpaired) electrons. The van der Waals surface area contributed by atoms with Crippen LogP contribution in [-0.4, -0.2) is 57.4 Å². The Morgan fingerprint density at radius 1 is 1.23 bits per heavy atom. The molecule has 0 bridgehead atoms. The molecule has 9 nitrogen and oxygen atoms in total. The van der Waals surface area contributed by atoms with Crippen molar-refractivity contribution in [1.82, 2.24) is 14.3 Å².